The predicted molar refractivity (Wildman–Crippen MR) is 22.4 cm³/mol. The van der Waals surface area contributed by atoms with E-state index in [0.29, 0.717) is 0 Å². The van der Waals surface area contributed by atoms with Gasteiger partial charge in [0.15, 0.2) is 0 Å². The summed E-state index contributed by atoms with van der Waals surface area (Å²) in [6, 6.07) is 0. The third-order valence-electron chi connectivity index (χ3n) is 0.705. The monoisotopic (exact) mass is 117 g/mol. The van der Waals surface area contributed by atoms with Crippen molar-refractivity contribution in [2.24, 2.45) is 0 Å². The summed E-state index contributed by atoms with van der Waals surface area (Å²) in [4.78, 5) is 0. The topological polar surface area (TPSA) is 28.7 Å². The summed E-state index contributed by atoms with van der Waals surface area (Å²) >= 11 is 0. The smallest absolute Gasteiger partial charge is 0.267 e. The van der Waals surface area contributed by atoms with Gasteiger partial charge in [-0.05, 0) is 0 Å². The number of hydrogen-bond acceptors (Lipinski definition) is 1. The van der Waals surface area contributed by atoms with Crippen molar-refractivity contribution in [2.45, 2.75) is 6.43 Å². The van der Waals surface area contributed by atoms with Gasteiger partial charge in [0.2, 0.25) is 0 Å². The number of halogens is 2. The highest BCUT2D eigenvalue weighted by molar-refractivity contribution is 5.01. The van der Waals surface area contributed by atoms with Crippen LogP contribution in [0.1, 0.15) is 12.0 Å². The number of nitrogens with zero attached hydrogens (tertiary/aromatic N) is 1. The van der Waals surface area contributed by atoms with E-state index in [1.807, 2.05) is 0 Å². The Bertz CT molecular complexity index is 147. The largest absolute Gasteiger partial charge is 0.285 e. The lowest BCUT2D eigenvalue weighted by Gasteiger charge is -1.85. The van der Waals surface area contributed by atoms with Crippen LogP contribution in [0.15, 0.2) is 6.20 Å². The number of alkyl halides is 2. The van der Waals surface area contributed by atoms with E-state index in [1.165, 1.54) is 0 Å². The summed E-state index contributed by atoms with van der Waals surface area (Å²) in [7, 11) is 0. The summed E-state index contributed by atoms with van der Waals surface area (Å²) in [5, 5.41) is 5.44. The highest BCUT2D eigenvalue weighted by atomic mass is 19.3. The summed E-state index contributed by atoms with van der Waals surface area (Å²) in [6.45, 7) is 0. The van der Waals surface area contributed by atoms with Crippen molar-refractivity contribution >= 4 is 0 Å². The quantitative estimate of drug-likeness (QED) is 0.587. The van der Waals surface area contributed by atoms with Gasteiger partial charge in [0.1, 0.15) is 6.20 Å². The van der Waals surface area contributed by atoms with Crippen molar-refractivity contribution in [1.29, 1.82) is 0 Å². The highest BCUT2D eigenvalue weighted by Crippen LogP contribution is 2.14. The molecule has 0 saturated carbocycles. The first-order chi connectivity index (χ1) is 3.80. The second-order valence-electron chi connectivity index (χ2n) is 1.25. The van der Waals surface area contributed by atoms with Gasteiger partial charge in [0.05, 0.1) is 5.56 Å². The average Bonchev–Trinajstić information content (AvgIpc) is 2.12. The number of H-pyrrole nitrogens is 1. The molecule has 8 heavy (non-hydrogen) atoms. The van der Waals surface area contributed by atoms with Crippen LogP contribution in [0.5, 0.6) is 0 Å². The van der Waals surface area contributed by atoms with Crippen LogP contribution in [0.4, 0.5) is 8.78 Å². The first kappa shape index (κ1) is 5.21. The molecule has 43 valence electrons. The number of aromatic amines is 1. The molecule has 0 spiro atoms. The lowest BCUT2D eigenvalue weighted by atomic mass is 10.4. The number of aromatic nitrogens is 2. The van der Waals surface area contributed by atoms with Crippen LogP contribution in [-0.4, -0.2) is 10.2 Å². The minimum absolute atomic E-state index is 0.190. The second kappa shape index (κ2) is 1.90. The molecule has 0 aliphatic heterocycles. The maximum atomic E-state index is 11.5. The molecule has 0 atom stereocenters. The van der Waals surface area contributed by atoms with Crippen molar-refractivity contribution < 1.29 is 8.78 Å². The van der Waals surface area contributed by atoms with E-state index in [2.05, 4.69) is 16.4 Å². The van der Waals surface area contributed by atoms with Gasteiger partial charge < -0.3 is 0 Å². The Morgan fingerprint density at radius 2 is 2.50 bits per heavy atom. The van der Waals surface area contributed by atoms with Crippen LogP contribution >= 0.6 is 0 Å². The van der Waals surface area contributed by atoms with Gasteiger partial charge in [-0.3, -0.25) is 5.10 Å². The van der Waals surface area contributed by atoms with Gasteiger partial charge in [-0.2, -0.15) is 5.10 Å². The van der Waals surface area contributed by atoms with Crippen LogP contribution in [-0.2, 0) is 0 Å². The Morgan fingerprint density at radius 1 is 1.75 bits per heavy atom. The van der Waals surface area contributed by atoms with Crippen LogP contribution in [0, 0.1) is 6.20 Å². The molecule has 0 fully saturated rings. The Balaban J connectivity index is 2.77. The Labute approximate surface area is 44.5 Å². The van der Waals surface area contributed by atoms with E-state index in [1.54, 1.807) is 0 Å². The molecule has 0 saturated heterocycles. The third kappa shape index (κ3) is 0.828. The molecule has 0 aliphatic carbocycles. The molecule has 4 heteroatoms. The molecule has 0 aliphatic rings. The van der Waals surface area contributed by atoms with Crippen molar-refractivity contribution in [3.05, 3.63) is 18.0 Å². The summed E-state index contributed by atoms with van der Waals surface area (Å²) in [5.41, 5.74) is -0.190. The number of hydrogen-bond donors (Lipinski definition) is 1. The minimum Gasteiger partial charge on any atom is -0.285 e. The number of rotatable bonds is 1. The molecular weight excluding hydrogens is 114 g/mol. The minimum atomic E-state index is -2.46. The van der Waals surface area contributed by atoms with Crippen LogP contribution in [0.3, 0.4) is 0 Å². The fourth-order valence-corrected chi connectivity index (χ4v) is 0.343. The molecule has 0 unspecified atom stereocenters. The molecule has 0 amide bonds. The Hall–Kier alpha value is -0.930. The maximum Gasteiger partial charge on any atom is 0.267 e. The zero-order valence-electron chi connectivity index (χ0n) is 3.86. The molecule has 1 aromatic heterocycles. The number of nitrogens with one attached hydrogen (secondary N) is 1. The summed E-state index contributed by atoms with van der Waals surface area (Å²) in [6.07, 6.45) is 0.733. The maximum absolute atomic E-state index is 11.5. The van der Waals surface area contributed by atoms with Gasteiger partial charge in [0.25, 0.3) is 6.43 Å². The Kier molecular flexibility index (Phi) is 1.24. The molecule has 0 bridgehead atoms. The molecular formula is C4H3F2N2. The van der Waals surface area contributed by atoms with Crippen LogP contribution in [0.25, 0.3) is 0 Å². The normalized spacial score (nSPS) is 10.4. The third-order valence-corrected chi connectivity index (χ3v) is 0.705. The van der Waals surface area contributed by atoms with Crippen molar-refractivity contribution in [1.82, 2.24) is 10.2 Å². The first-order valence-corrected chi connectivity index (χ1v) is 2.00. The standard InChI is InChI=1S/C4H3F2N2/c5-4(6)3-1-7-8-2-3/h1,4H,(H,7,8). The van der Waals surface area contributed by atoms with E-state index in [9.17, 15) is 8.78 Å². The van der Waals surface area contributed by atoms with Gasteiger partial charge in [-0.25, -0.2) is 8.78 Å². The van der Waals surface area contributed by atoms with Gasteiger partial charge in [-0.15, -0.1) is 0 Å². The zero-order valence-corrected chi connectivity index (χ0v) is 3.86. The van der Waals surface area contributed by atoms with Gasteiger partial charge >= 0.3 is 0 Å². The van der Waals surface area contributed by atoms with E-state index >= 15 is 0 Å². The SMILES string of the molecule is FC(F)c1[c]n[nH]c1. The van der Waals surface area contributed by atoms with Crippen LogP contribution < -0.4 is 0 Å². The molecule has 1 aromatic rings. The lowest BCUT2D eigenvalue weighted by molar-refractivity contribution is 0.151. The van der Waals surface area contributed by atoms with E-state index < -0.39 is 6.43 Å². The van der Waals surface area contributed by atoms with Crippen molar-refractivity contribution in [3.8, 4) is 0 Å². The van der Waals surface area contributed by atoms with Crippen LogP contribution in [0.2, 0.25) is 0 Å². The fraction of sp³-hybridized carbons (Fsp3) is 0.250. The average molecular weight is 117 g/mol. The molecule has 2 nitrogen and oxygen atoms in total. The molecule has 1 heterocycles. The first-order valence-electron chi connectivity index (χ1n) is 2.00. The highest BCUT2D eigenvalue weighted by Gasteiger charge is 2.06. The zero-order chi connectivity index (χ0) is 5.98. The fourth-order valence-electron chi connectivity index (χ4n) is 0.343. The lowest BCUT2D eigenvalue weighted by Crippen LogP contribution is -1.75. The van der Waals surface area contributed by atoms with E-state index in [4.69, 9.17) is 0 Å². The molecule has 1 N–H and O–H groups in total. The Morgan fingerprint density at radius 3 is 2.75 bits per heavy atom. The van der Waals surface area contributed by atoms with Gasteiger partial charge in [0, 0.05) is 6.20 Å². The second-order valence-corrected chi connectivity index (χ2v) is 1.25. The van der Waals surface area contributed by atoms with Crippen molar-refractivity contribution in [2.75, 3.05) is 0 Å². The van der Waals surface area contributed by atoms with Crippen molar-refractivity contribution in [3.63, 3.8) is 0 Å². The molecule has 1 rings (SSSR count). The molecule has 0 aromatic carbocycles. The summed E-state index contributed by atoms with van der Waals surface area (Å²) in [5.74, 6) is 0. The van der Waals surface area contributed by atoms with E-state index in [0.717, 1.165) is 6.20 Å². The summed E-state index contributed by atoms with van der Waals surface area (Å²) < 4.78 is 23.0. The molecule has 1 radical (unpaired) electrons. The van der Waals surface area contributed by atoms with Gasteiger partial charge in [-0.1, -0.05) is 0 Å². The van der Waals surface area contributed by atoms with E-state index in [-0.39, 0.29) is 5.56 Å². The predicted octanol–water partition coefficient (Wildman–Crippen LogP) is 1.15.